The van der Waals surface area contributed by atoms with E-state index < -0.39 is 0 Å². The van der Waals surface area contributed by atoms with E-state index in [9.17, 15) is 4.79 Å². The van der Waals surface area contributed by atoms with Crippen LogP contribution in [0.15, 0.2) is 83.9 Å². The molecule has 1 amide bonds. The third-order valence-electron chi connectivity index (χ3n) is 5.95. The van der Waals surface area contributed by atoms with Crippen LogP contribution in [0.2, 0.25) is 0 Å². The van der Waals surface area contributed by atoms with Crippen molar-refractivity contribution in [2.24, 2.45) is 0 Å². The maximum atomic E-state index is 13.4. The Bertz CT molecular complexity index is 1420. The second-order valence-corrected chi connectivity index (χ2v) is 9.89. The molecule has 0 spiro atoms. The number of nitrogens with zero attached hydrogens (tertiary/aromatic N) is 2. The van der Waals surface area contributed by atoms with Gasteiger partial charge in [-0.1, -0.05) is 97.1 Å². The molecule has 0 radical (unpaired) electrons. The van der Waals surface area contributed by atoms with Gasteiger partial charge in [-0.25, -0.2) is 0 Å². The van der Waals surface area contributed by atoms with Crippen molar-refractivity contribution in [3.05, 3.63) is 106 Å². The van der Waals surface area contributed by atoms with Gasteiger partial charge < -0.3 is 4.57 Å². The molecule has 33 heavy (non-hydrogen) atoms. The zero-order chi connectivity index (χ0) is 22.9. The molecule has 4 aromatic rings. The van der Waals surface area contributed by atoms with Crippen LogP contribution >= 0.6 is 24.0 Å². The Morgan fingerprint density at radius 1 is 1.00 bits per heavy atom. The Balaban J connectivity index is 1.53. The van der Waals surface area contributed by atoms with Gasteiger partial charge in [0.05, 0.1) is 10.6 Å². The summed E-state index contributed by atoms with van der Waals surface area (Å²) in [4.78, 5) is 15.7. The number of amides is 1. The highest BCUT2D eigenvalue weighted by Gasteiger charge is 2.34. The number of para-hydroxylation sites is 2. The van der Waals surface area contributed by atoms with Gasteiger partial charge in [-0.05, 0) is 42.7 Å². The van der Waals surface area contributed by atoms with Gasteiger partial charge in [-0.3, -0.25) is 9.69 Å². The summed E-state index contributed by atoms with van der Waals surface area (Å²) < 4.78 is 2.83. The minimum Gasteiger partial charge on any atom is -0.342 e. The maximum Gasteiger partial charge on any atom is 0.270 e. The van der Waals surface area contributed by atoms with E-state index in [2.05, 4.69) is 73.1 Å². The Labute approximate surface area is 203 Å². The van der Waals surface area contributed by atoms with E-state index in [1.54, 1.807) is 4.90 Å². The predicted octanol–water partition coefficient (Wildman–Crippen LogP) is 6.97. The fraction of sp³-hybridized carbons (Fsp3) is 0.143. The highest BCUT2D eigenvalue weighted by atomic mass is 32.2. The van der Waals surface area contributed by atoms with Gasteiger partial charge in [0, 0.05) is 29.2 Å². The van der Waals surface area contributed by atoms with Crippen LogP contribution in [0, 0.1) is 6.92 Å². The average Bonchev–Trinajstić information content (AvgIpc) is 3.30. The fourth-order valence-electron chi connectivity index (χ4n) is 4.37. The van der Waals surface area contributed by atoms with Crippen molar-refractivity contribution in [2.45, 2.75) is 26.8 Å². The molecular weight excluding hydrogens is 444 g/mol. The first-order chi connectivity index (χ1) is 16.0. The first-order valence-electron chi connectivity index (χ1n) is 11.0. The highest BCUT2D eigenvalue weighted by molar-refractivity contribution is 8.27. The third kappa shape index (κ3) is 4.14. The van der Waals surface area contributed by atoms with Crippen molar-refractivity contribution < 1.29 is 4.79 Å². The maximum absolute atomic E-state index is 13.4. The molecule has 1 aromatic heterocycles. The number of benzene rings is 3. The zero-order valence-corrected chi connectivity index (χ0v) is 20.2. The van der Waals surface area contributed by atoms with E-state index in [0.29, 0.717) is 9.23 Å². The zero-order valence-electron chi connectivity index (χ0n) is 18.6. The normalized spacial score (nSPS) is 15.2. The molecule has 5 rings (SSSR count). The summed E-state index contributed by atoms with van der Waals surface area (Å²) in [6, 6.07) is 24.9. The van der Waals surface area contributed by atoms with Gasteiger partial charge in [0.2, 0.25) is 0 Å². The molecule has 1 aliphatic rings. The van der Waals surface area contributed by atoms with Gasteiger partial charge in [0.1, 0.15) is 0 Å². The van der Waals surface area contributed by atoms with E-state index >= 15 is 0 Å². The summed E-state index contributed by atoms with van der Waals surface area (Å²) in [5.74, 6) is -0.0542. The van der Waals surface area contributed by atoms with Crippen LogP contribution in [0.25, 0.3) is 17.0 Å². The van der Waals surface area contributed by atoms with Gasteiger partial charge in [0.25, 0.3) is 5.91 Å². The van der Waals surface area contributed by atoms with Crippen molar-refractivity contribution >= 4 is 56.9 Å². The second kappa shape index (κ2) is 9.00. The highest BCUT2D eigenvalue weighted by Crippen LogP contribution is 2.38. The van der Waals surface area contributed by atoms with Crippen LogP contribution in [0.5, 0.6) is 0 Å². The first kappa shape index (κ1) is 21.7. The Morgan fingerprint density at radius 3 is 2.61 bits per heavy atom. The lowest BCUT2D eigenvalue weighted by molar-refractivity contribution is -0.113. The quantitative estimate of drug-likeness (QED) is 0.234. The minimum atomic E-state index is -0.0542. The summed E-state index contributed by atoms with van der Waals surface area (Å²) in [6.45, 7) is 4.98. The summed E-state index contributed by atoms with van der Waals surface area (Å²) >= 11 is 7.00. The molecule has 0 N–H and O–H groups in total. The van der Waals surface area contributed by atoms with Crippen LogP contribution in [0.1, 0.15) is 29.2 Å². The Hall–Kier alpha value is -3.15. The third-order valence-corrected chi connectivity index (χ3v) is 7.25. The van der Waals surface area contributed by atoms with Crippen molar-refractivity contribution in [1.29, 1.82) is 0 Å². The molecule has 0 atom stereocenters. The summed E-state index contributed by atoms with van der Waals surface area (Å²) in [6.07, 6.45) is 4.97. The Kier molecular flexibility index (Phi) is 5.92. The minimum absolute atomic E-state index is 0.0542. The molecule has 0 aliphatic carbocycles. The number of carbonyl (C=O) groups is 1. The number of aromatic nitrogens is 1. The Morgan fingerprint density at radius 2 is 1.79 bits per heavy atom. The lowest BCUT2D eigenvalue weighted by atomic mass is 10.1. The molecule has 164 valence electrons. The number of carbonyl (C=O) groups excluding carboxylic acids is 1. The van der Waals surface area contributed by atoms with Crippen molar-refractivity contribution in [1.82, 2.24) is 4.57 Å². The topological polar surface area (TPSA) is 25.2 Å². The second-order valence-electron chi connectivity index (χ2n) is 8.22. The van der Waals surface area contributed by atoms with Crippen LogP contribution in [0.4, 0.5) is 5.69 Å². The van der Waals surface area contributed by atoms with Crippen LogP contribution in [-0.2, 0) is 17.8 Å². The van der Waals surface area contributed by atoms with Crippen molar-refractivity contribution in [3.63, 3.8) is 0 Å². The molecule has 3 nitrogen and oxygen atoms in total. The van der Waals surface area contributed by atoms with Crippen molar-refractivity contribution in [3.8, 4) is 0 Å². The molecule has 1 fully saturated rings. The van der Waals surface area contributed by atoms with E-state index in [-0.39, 0.29) is 5.91 Å². The fourth-order valence-corrected chi connectivity index (χ4v) is 5.65. The van der Waals surface area contributed by atoms with Gasteiger partial charge in [0.15, 0.2) is 4.32 Å². The molecular formula is C28H24N2OS2. The van der Waals surface area contributed by atoms with Gasteiger partial charge >= 0.3 is 0 Å². The van der Waals surface area contributed by atoms with Crippen LogP contribution in [-0.4, -0.2) is 14.8 Å². The van der Waals surface area contributed by atoms with Crippen LogP contribution < -0.4 is 4.90 Å². The summed E-state index contributed by atoms with van der Waals surface area (Å²) in [7, 11) is 0. The molecule has 0 unspecified atom stereocenters. The lowest BCUT2D eigenvalue weighted by Crippen LogP contribution is -2.28. The average molecular weight is 469 g/mol. The van der Waals surface area contributed by atoms with Crippen molar-refractivity contribution in [2.75, 3.05) is 4.90 Å². The van der Waals surface area contributed by atoms with E-state index in [0.717, 1.165) is 40.7 Å². The molecule has 1 aliphatic heterocycles. The molecule has 5 heteroatoms. The van der Waals surface area contributed by atoms with E-state index in [4.69, 9.17) is 12.2 Å². The van der Waals surface area contributed by atoms with Gasteiger partial charge in [-0.15, -0.1) is 0 Å². The molecule has 0 bridgehead atoms. The van der Waals surface area contributed by atoms with E-state index in [1.807, 2.05) is 30.3 Å². The van der Waals surface area contributed by atoms with Crippen LogP contribution in [0.3, 0.4) is 0 Å². The number of anilines is 1. The number of thiocarbonyl (C=S) groups is 1. The monoisotopic (exact) mass is 468 g/mol. The SMILES string of the molecule is CCc1ccccc1N1C(=O)C(=Cc2cn(Cc3cccc(C)c3)c3ccccc23)SC1=S. The number of fused-ring (bicyclic) bond motifs is 1. The number of hydrogen-bond donors (Lipinski definition) is 0. The first-order valence-corrected chi connectivity index (χ1v) is 12.3. The number of rotatable bonds is 5. The number of thioether (sulfide) groups is 1. The summed E-state index contributed by atoms with van der Waals surface area (Å²) in [5.41, 5.74) is 6.68. The lowest BCUT2D eigenvalue weighted by Gasteiger charge is -2.17. The molecule has 2 heterocycles. The molecule has 1 saturated heterocycles. The molecule has 3 aromatic carbocycles. The molecule has 0 saturated carbocycles. The number of hydrogen-bond acceptors (Lipinski definition) is 3. The predicted molar refractivity (Wildman–Crippen MR) is 144 cm³/mol. The number of aryl methyl sites for hydroxylation is 2. The largest absolute Gasteiger partial charge is 0.342 e. The summed E-state index contributed by atoms with van der Waals surface area (Å²) in [5, 5.41) is 1.13. The van der Waals surface area contributed by atoms with Gasteiger partial charge in [-0.2, -0.15) is 0 Å². The standard InChI is InChI=1S/C28H24N2OS2/c1-3-21-11-4-6-13-24(21)30-27(31)26(33-28(30)32)16-22-18-29(25-14-7-5-12-23(22)25)17-20-10-8-9-19(2)15-20/h4-16,18H,3,17H2,1-2H3. The van der Waals surface area contributed by atoms with E-state index in [1.165, 1.54) is 22.9 Å². The smallest absolute Gasteiger partial charge is 0.270 e.